The van der Waals surface area contributed by atoms with Crippen molar-refractivity contribution in [1.29, 1.82) is 0 Å². The van der Waals surface area contributed by atoms with Gasteiger partial charge in [-0.25, -0.2) is 0 Å². The van der Waals surface area contributed by atoms with Crippen molar-refractivity contribution in [3.8, 4) is 0 Å². The smallest absolute Gasteiger partial charge is 0.0708 e. The first-order valence-corrected chi connectivity index (χ1v) is 12.3. The van der Waals surface area contributed by atoms with Crippen LogP contribution in [0.2, 0.25) is 0 Å². The lowest BCUT2D eigenvalue weighted by Gasteiger charge is -2.22. The van der Waals surface area contributed by atoms with E-state index < -0.39 is 0 Å². The number of para-hydroxylation sites is 1. The Morgan fingerprint density at radius 2 is 1.59 bits per heavy atom. The Bertz CT molecular complexity index is 742. The largest absolute Gasteiger partial charge is 0.303 e. The summed E-state index contributed by atoms with van der Waals surface area (Å²) in [6.07, 6.45) is 14.7. The molecule has 0 amide bonds. The van der Waals surface area contributed by atoms with E-state index >= 15 is 0 Å². The SMILES string of the molecule is CCCN(CCC)CCCc1c(CCCCCC2CC2)c(C)nc2ccccc12. The van der Waals surface area contributed by atoms with Gasteiger partial charge in [-0.05, 0) is 88.2 Å². The molecule has 1 saturated carbocycles. The van der Waals surface area contributed by atoms with E-state index in [1.165, 1.54) is 107 Å². The second-order valence-electron chi connectivity index (χ2n) is 9.16. The minimum Gasteiger partial charge on any atom is -0.303 e. The zero-order valence-corrected chi connectivity index (χ0v) is 19.2. The van der Waals surface area contributed by atoms with E-state index in [0.717, 1.165) is 5.92 Å². The molecule has 1 aromatic heterocycles. The van der Waals surface area contributed by atoms with E-state index in [2.05, 4.69) is 49.9 Å². The molecule has 1 fully saturated rings. The molecule has 1 heterocycles. The van der Waals surface area contributed by atoms with E-state index in [1.54, 1.807) is 11.1 Å². The maximum Gasteiger partial charge on any atom is 0.0708 e. The van der Waals surface area contributed by atoms with Gasteiger partial charge in [-0.15, -0.1) is 0 Å². The van der Waals surface area contributed by atoms with Crippen molar-refractivity contribution < 1.29 is 0 Å². The number of hydrogen-bond acceptors (Lipinski definition) is 2. The van der Waals surface area contributed by atoms with Crippen LogP contribution in [-0.4, -0.2) is 29.5 Å². The average molecular weight is 395 g/mol. The van der Waals surface area contributed by atoms with Crippen molar-refractivity contribution in [2.45, 2.75) is 91.4 Å². The molecule has 0 radical (unpaired) electrons. The van der Waals surface area contributed by atoms with Crippen LogP contribution in [0, 0.1) is 12.8 Å². The average Bonchev–Trinajstić information content (AvgIpc) is 3.54. The fourth-order valence-corrected chi connectivity index (χ4v) is 4.84. The molecule has 1 aromatic carbocycles. The maximum absolute atomic E-state index is 4.97. The van der Waals surface area contributed by atoms with Crippen LogP contribution < -0.4 is 0 Å². The normalized spacial score (nSPS) is 14.2. The highest BCUT2D eigenvalue weighted by Crippen LogP contribution is 2.34. The zero-order valence-electron chi connectivity index (χ0n) is 19.2. The number of rotatable bonds is 14. The third kappa shape index (κ3) is 6.81. The Labute approximate surface area is 179 Å². The molecule has 3 rings (SSSR count). The van der Waals surface area contributed by atoms with Crippen molar-refractivity contribution in [3.63, 3.8) is 0 Å². The van der Waals surface area contributed by atoms with Gasteiger partial charge in [0.2, 0.25) is 0 Å². The van der Waals surface area contributed by atoms with Crippen LogP contribution in [0.15, 0.2) is 24.3 Å². The van der Waals surface area contributed by atoms with Gasteiger partial charge >= 0.3 is 0 Å². The molecule has 2 nitrogen and oxygen atoms in total. The van der Waals surface area contributed by atoms with Gasteiger partial charge in [0.25, 0.3) is 0 Å². The summed E-state index contributed by atoms with van der Waals surface area (Å²) in [6.45, 7) is 10.5. The van der Waals surface area contributed by atoms with Gasteiger partial charge in [-0.1, -0.05) is 64.2 Å². The fraction of sp³-hybridized carbons (Fsp3) is 0.667. The minimum atomic E-state index is 1.07. The van der Waals surface area contributed by atoms with Crippen LogP contribution in [-0.2, 0) is 12.8 Å². The number of pyridine rings is 1. The molecule has 160 valence electrons. The van der Waals surface area contributed by atoms with Gasteiger partial charge < -0.3 is 4.90 Å². The molecule has 0 spiro atoms. The van der Waals surface area contributed by atoms with Crippen molar-refractivity contribution >= 4 is 10.9 Å². The summed E-state index contributed by atoms with van der Waals surface area (Å²) >= 11 is 0. The molecule has 0 N–H and O–H groups in total. The second kappa shape index (κ2) is 11.7. The first-order chi connectivity index (χ1) is 14.2. The molecular formula is C27H42N2. The summed E-state index contributed by atoms with van der Waals surface area (Å²) in [5.74, 6) is 1.07. The van der Waals surface area contributed by atoms with Gasteiger partial charge in [0.1, 0.15) is 0 Å². The molecule has 0 bridgehead atoms. The first kappa shape index (κ1) is 22.3. The van der Waals surface area contributed by atoms with Crippen LogP contribution in [0.3, 0.4) is 0 Å². The Balaban J connectivity index is 1.67. The third-order valence-electron chi connectivity index (χ3n) is 6.54. The fourth-order valence-electron chi connectivity index (χ4n) is 4.84. The topological polar surface area (TPSA) is 16.1 Å². The third-order valence-corrected chi connectivity index (χ3v) is 6.54. The number of aromatic nitrogens is 1. The van der Waals surface area contributed by atoms with Gasteiger partial charge in [0, 0.05) is 11.1 Å². The van der Waals surface area contributed by atoms with Crippen molar-refractivity contribution in [1.82, 2.24) is 9.88 Å². The molecule has 0 atom stereocenters. The molecule has 0 saturated heterocycles. The van der Waals surface area contributed by atoms with Crippen LogP contribution in [0.25, 0.3) is 10.9 Å². The lowest BCUT2D eigenvalue weighted by atomic mass is 9.93. The predicted octanol–water partition coefficient (Wildman–Crippen LogP) is 7.11. The Morgan fingerprint density at radius 3 is 2.31 bits per heavy atom. The van der Waals surface area contributed by atoms with Gasteiger partial charge in [-0.3, -0.25) is 4.98 Å². The molecule has 0 unspecified atom stereocenters. The zero-order chi connectivity index (χ0) is 20.5. The molecular weight excluding hydrogens is 352 g/mol. The van der Waals surface area contributed by atoms with Crippen molar-refractivity contribution in [2.24, 2.45) is 5.92 Å². The standard InChI is InChI=1S/C27H42N2/c1-4-19-29(20-5-2)21-11-15-25-24(13-8-6-7-12-23-17-18-23)22(3)28-27-16-10-9-14-26(25)27/h9-10,14,16,23H,4-8,11-13,15,17-21H2,1-3H3. The second-order valence-corrected chi connectivity index (χ2v) is 9.16. The molecule has 1 aliphatic carbocycles. The van der Waals surface area contributed by atoms with Crippen LogP contribution >= 0.6 is 0 Å². The van der Waals surface area contributed by atoms with Crippen LogP contribution in [0.4, 0.5) is 0 Å². The number of nitrogens with zero attached hydrogens (tertiary/aromatic N) is 2. The number of unbranched alkanes of at least 4 members (excludes halogenated alkanes) is 2. The van der Waals surface area contributed by atoms with Crippen molar-refractivity contribution in [3.05, 3.63) is 41.1 Å². The molecule has 2 heteroatoms. The summed E-state index contributed by atoms with van der Waals surface area (Å²) in [4.78, 5) is 7.61. The summed E-state index contributed by atoms with van der Waals surface area (Å²) in [5.41, 5.74) is 5.58. The van der Waals surface area contributed by atoms with Gasteiger partial charge in [-0.2, -0.15) is 0 Å². The Morgan fingerprint density at radius 1 is 0.862 bits per heavy atom. The van der Waals surface area contributed by atoms with E-state index in [9.17, 15) is 0 Å². The predicted molar refractivity (Wildman–Crippen MR) is 127 cm³/mol. The first-order valence-electron chi connectivity index (χ1n) is 12.3. The lowest BCUT2D eigenvalue weighted by Crippen LogP contribution is -2.27. The van der Waals surface area contributed by atoms with Crippen LogP contribution in [0.1, 0.15) is 88.5 Å². The quantitative estimate of drug-likeness (QED) is 0.317. The van der Waals surface area contributed by atoms with Crippen LogP contribution in [0.5, 0.6) is 0 Å². The summed E-state index contributed by atoms with van der Waals surface area (Å²) in [6, 6.07) is 8.79. The number of benzene rings is 1. The summed E-state index contributed by atoms with van der Waals surface area (Å²) in [5, 5.41) is 1.39. The highest BCUT2D eigenvalue weighted by molar-refractivity contribution is 5.83. The van der Waals surface area contributed by atoms with Gasteiger partial charge in [0.05, 0.1) is 5.52 Å². The van der Waals surface area contributed by atoms with E-state index in [4.69, 9.17) is 4.98 Å². The molecule has 0 aliphatic heterocycles. The van der Waals surface area contributed by atoms with E-state index in [-0.39, 0.29) is 0 Å². The Kier molecular flexibility index (Phi) is 8.98. The summed E-state index contributed by atoms with van der Waals surface area (Å²) < 4.78 is 0. The highest BCUT2D eigenvalue weighted by Gasteiger charge is 2.20. The number of aryl methyl sites for hydroxylation is 2. The number of hydrogen-bond donors (Lipinski definition) is 0. The monoisotopic (exact) mass is 394 g/mol. The lowest BCUT2D eigenvalue weighted by molar-refractivity contribution is 0.271. The Hall–Kier alpha value is -1.41. The molecule has 2 aromatic rings. The van der Waals surface area contributed by atoms with E-state index in [0.29, 0.717) is 0 Å². The maximum atomic E-state index is 4.97. The molecule has 29 heavy (non-hydrogen) atoms. The van der Waals surface area contributed by atoms with E-state index in [1.807, 2.05) is 0 Å². The highest BCUT2D eigenvalue weighted by atomic mass is 15.1. The number of fused-ring (bicyclic) bond motifs is 1. The van der Waals surface area contributed by atoms with Gasteiger partial charge in [0.15, 0.2) is 0 Å². The minimum absolute atomic E-state index is 1.07. The van der Waals surface area contributed by atoms with Crippen molar-refractivity contribution in [2.75, 3.05) is 19.6 Å². The summed E-state index contributed by atoms with van der Waals surface area (Å²) in [7, 11) is 0. The molecule has 1 aliphatic rings.